The molecule has 4 aromatic carbocycles. The van der Waals surface area contributed by atoms with Crippen LogP contribution in [0.3, 0.4) is 0 Å². The van der Waals surface area contributed by atoms with E-state index >= 15 is 0 Å². The van der Waals surface area contributed by atoms with Gasteiger partial charge in [0.2, 0.25) is 0 Å². The minimum absolute atomic E-state index is 1.27. The van der Waals surface area contributed by atoms with Gasteiger partial charge in [0.15, 0.2) is 0 Å². The quantitative estimate of drug-likeness (QED) is 0.247. The van der Waals surface area contributed by atoms with E-state index in [2.05, 4.69) is 96.4 Å². The normalized spacial score (nSPS) is 11.9. The Morgan fingerprint density at radius 2 is 1.06 bits per heavy atom. The molecular formula is C28H16S3. The fourth-order valence-electron chi connectivity index (χ4n) is 4.37. The Morgan fingerprint density at radius 3 is 1.87 bits per heavy atom. The average Bonchev–Trinajstić information content (AvgIpc) is 3.52. The van der Waals surface area contributed by atoms with Crippen LogP contribution >= 0.6 is 34.0 Å². The van der Waals surface area contributed by atoms with Gasteiger partial charge in [-0.1, -0.05) is 66.7 Å². The highest BCUT2D eigenvalue weighted by Crippen LogP contribution is 2.45. The highest BCUT2D eigenvalue weighted by Gasteiger charge is 2.12. The summed E-state index contributed by atoms with van der Waals surface area (Å²) in [5, 5.41) is 6.25. The van der Waals surface area contributed by atoms with E-state index in [0.717, 1.165) is 0 Å². The van der Waals surface area contributed by atoms with E-state index in [1.165, 1.54) is 61.9 Å². The van der Waals surface area contributed by atoms with E-state index in [4.69, 9.17) is 0 Å². The third kappa shape index (κ3) is 2.78. The van der Waals surface area contributed by atoms with Gasteiger partial charge in [0, 0.05) is 24.9 Å². The first-order valence-corrected chi connectivity index (χ1v) is 12.8. The largest absolute Gasteiger partial charge is 0.144 e. The zero-order valence-electron chi connectivity index (χ0n) is 16.5. The second-order valence-electron chi connectivity index (χ2n) is 7.82. The molecule has 7 rings (SSSR count). The molecule has 3 heterocycles. The van der Waals surface area contributed by atoms with Crippen molar-refractivity contribution in [1.29, 1.82) is 0 Å². The van der Waals surface area contributed by atoms with E-state index < -0.39 is 0 Å². The zero-order chi connectivity index (χ0) is 20.4. The van der Waals surface area contributed by atoms with Gasteiger partial charge in [-0.3, -0.25) is 0 Å². The summed E-state index contributed by atoms with van der Waals surface area (Å²) in [7, 11) is 0. The molecule has 0 aliphatic heterocycles. The van der Waals surface area contributed by atoms with Crippen LogP contribution in [0.15, 0.2) is 96.4 Å². The molecule has 0 aliphatic carbocycles. The molecule has 7 aromatic rings. The van der Waals surface area contributed by atoms with Gasteiger partial charge in [-0.15, -0.1) is 34.0 Å². The maximum atomic E-state index is 2.36. The predicted octanol–water partition coefficient (Wildman–Crippen LogP) is 9.82. The van der Waals surface area contributed by atoms with Crippen LogP contribution in [-0.2, 0) is 0 Å². The van der Waals surface area contributed by atoms with Crippen molar-refractivity contribution in [1.82, 2.24) is 0 Å². The summed E-state index contributed by atoms with van der Waals surface area (Å²) in [6, 6.07) is 33.6. The number of rotatable bonds is 2. The molecule has 31 heavy (non-hydrogen) atoms. The molecule has 0 aliphatic rings. The summed E-state index contributed by atoms with van der Waals surface area (Å²) in [5.74, 6) is 0. The van der Waals surface area contributed by atoms with Crippen molar-refractivity contribution in [2.45, 2.75) is 0 Å². The topological polar surface area (TPSA) is 0 Å². The molecule has 3 heteroatoms. The lowest BCUT2D eigenvalue weighted by molar-refractivity contribution is 1.63. The Bertz CT molecular complexity index is 1730. The molecule has 146 valence electrons. The molecule has 0 saturated carbocycles. The van der Waals surface area contributed by atoms with Crippen LogP contribution in [0, 0.1) is 0 Å². The average molecular weight is 449 g/mol. The van der Waals surface area contributed by atoms with Crippen molar-refractivity contribution in [2.24, 2.45) is 0 Å². The van der Waals surface area contributed by atoms with Crippen molar-refractivity contribution in [2.75, 3.05) is 0 Å². The summed E-state index contributed by atoms with van der Waals surface area (Å²) in [6.07, 6.45) is 0. The maximum Gasteiger partial charge on any atom is 0.0542 e. The molecule has 0 N–H and O–H groups in total. The van der Waals surface area contributed by atoms with E-state index in [9.17, 15) is 0 Å². The van der Waals surface area contributed by atoms with Gasteiger partial charge in [0.25, 0.3) is 0 Å². The van der Waals surface area contributed by atoms with Gasteiger partial charge in [-0.2, -0.15) is 0 Å². The lowest BCUT2D eigenvalue weighted by atomic mass is 9.99. The van der Waals surface area contributed by atoms with Crippen LogP contribution < -0.4 is 0 Å². The summed E-state index contributed by atoms with van der Waals surface area (Å²) in [5.41, 5.74) is 5.10. The van der Waals surface area contributed by atoms with Gasteiger partial charge < -0.3 is 0 Å². The molecule has 0 nitrogen and oxygen atoms in total. The first-order valence-electron chi connectivity index (χ1n) is 10.3. The third-order valence-corrected chi connectivity index (χ3v) is 9.39. The zero-order valence-corrected chi connectivity index (χ0v) is 18.9. The fourth-order valence-corrected chi connectivity index (χ4v) is 7.90. The Balaban J connectivity index is 1.29. The van der Waals surface area contributed by atoms with Crippen LogP contribution in [0.4, 0.5) is 0 Å². The number of benzene rings is 4. The van der Waals surface area contributed by atoms with Crippen molar-refractivity contribution in [3.05, 3.63) is 96.4 Å². The second kappa shape index (κ2) is 6.76. The minimum Gasteiger partial charge on any atom is -0.144 e. The highest BCUT2D eigenvalue weighted by molar-refractivity contribution is 7.36. The minimum atomic E-state index is 1.27. The lowest BCUT2D eigenvalue weighted by Gasteiger charge is -2.06. The first-order chi connectivity index (χ1) is 15.3. The van der Waals surface area contributed by atoms with Gasteiger partial charge in [0.05, 0.1) is 9.40 Å². The summed E-state index contributed by atoms with van der Waals surface area (Å²) < 4.78 is 6.94. The SMILES string of the molecule is c1ccc2c(c1)sc1c3ccc(-c4ccc(-c5ccc6ccsc6c5)cc4)cc3sc21. The molecule has 0 spiro atoms. The Kier molecular flexibility index (Phi) is 3.85. The molecule has 0 bridgehead atoms. The number of thiophene rings is 3. The maximum absolute atomic E-state index is 2.36. The molecular weight excluding hydrogens is 433 g/mol. The van der Waals surface area contributed by atoms with Crippen LogP contribution in [0.2, 0.25) is 0 Å². The summed E-state index contributed by atoms with van der Waals surface area (Å²) in [4.78, 5) is 0. The van der Waals surface area contributed by atoms with Crippen LogP contribution in [0.1, 0.15) is 0 Å². The molecule has 0 radical (unpaired) electrons. The van der Waals surface area contributed by atoms with E-state index in [1.807, 2.05) is 22.7 Å². The molecule has 0 atom stereocenters. The van der Waals surface area contributed by atoms with Crippen LogP contribution in [0.25, 0.3) is 61.9 Å². The summed E-state index contributed by atoms with van der Waals surface area (Å²) >= 11 is 5.63. The van der Waals surface area contributed by atoms with Gasteiger partial charge in [-0.05, 0) is 57.3 Å². The fraction of sp³-hybridized carbons (Fsp3) is 0. The standard InChI is InChI=1S/C28H16S3/c1-2-4-24-22(3-1)27-28(30-24)23-12-11-21(16-26(23)31-27)18-7-5-17(6-8-18)20-10-9-19-13-14-29-25(19)15-20/h1-16H. The number of hydrogen-bond donors (Lipinski definition) is 0. The van der Waals surface area contributed by atoms with Gasteiger partial charge in [0.1, 0.15) is 0 Å². The van der Waals surface area contributed by atoms with Gasteiger partial charge >= 0.3 is 0 Å². The van der Waals surface area contributed by atoms with E-state index in [1.54, 1.807) is 11.3 Å². The molecule has 3 aromatic heterocycles. The third-order valence-electron chi connectivity index (χ3n) is 6.00. The Hall–Kier alpha value is -2.98. The lowest BCUT2D eigenvalue weighted by Crippen LogP contribution is -1.80. The molecule has 0 unspecified atom stereocenters. The molecule has 0 fully saturated rings. The predicted molar refractivity (Wildman–Crippen MR) is 141 cm³/mol. The van der Waals surface area contributed by atoms with Crippen molar-refractivity contribution >= 4 is 73.7 Å². The number of hydrogen-bond acceptors (Lipinski definition) is 3. The van der Waals surface area contributed by atoms with Gasteiger partial charge in [-0.25, -0.2) is 0 Å². The smallest absolute Gasteiger partial charge is 0.0542 e. The van der Waals surface area contributed by atoms with E-state index in [0.29, 0.717) is 0 Å². The Morgan fingerprint density at radius 1 is 0.452 bits per heavy atom. The second-order valence-corrected chi connectivity index (χ2v) is 10.9. The van der Waals surface area contributed by atoms with Crippen LogP contribution in [0.5, 0.6) is 0 Å². The van der Waals surface area contributed by atoms with Crippen molar-refractivity contribution in [3.8, 4) is 22.3 Å². The van der Waals surface area contributed by atoms with E-state index in [-0.39, 0.29) is 0 Å². The Labute approximate surface area is 191 Å². The van der Waals surface area contributed by atoms with Crippen molar-refractivity contribution in [3.63, 3.8) is 0 Å². The molecule has 0 saturated heterocycles. The number of fused-ring (bicyclic) bond motifs is 6. The monoisotopic (exact) mass is 448 g/mol. The first kappa shape index (κ1) is 17.7. The van der Waals surface area contributed by atoms with Crippen LogP contribution in [-0.4, -0.2) is 0 Å². The summed E-state index contributed by atoms with van der Waals surface area (Å²) in [6.45, 7) is 0. The highest BCUT2D eigenvalue weighted by atomic mass is 32.1. The van der Waals surface area contributed by atoms with Crippen molar-refractivity contribution < 1.29 is 0 Å². The molecule has 0 amide bonds.